The van der Waals surface area contributed by atoms with Crippen LogP contribution in [-0.2, 0) is 6.42 Å². The quantitative estimate of drug-likeness (QED) is 0.644. The van der Waals surface area contributed by atoms with E-state index in [4.69, 9.17) is 5.84 Å². The summed E-state index contributed by atoms with van der Waals surface area (Å²) in [7, 11) is 0. The molecule has 0 bridgehead atoms. The van der Waals surface area contributed by atoms with Gasteiger partial charge in [0.2, 0.25) is 0 Å². The third-order valence-electron chi connectivity index (χ3n) is 2.71. The zero-order valence-corrected chi connectivity index (χ0v) is 9.61. The van der Waals surface area contributed by atoms with Crippen LogP contribution >= 0.6 is 0 Å². The van der Waals surface area contributed by atoms with E-state index in [0.717, 1.165) is 17.7 Å². The highest BCUT2D eigenvalue weighted by molar-refractivity contribution is 5.23. The molecule has 18 heavy (non-hydrogen) atoms. The highest BCUT2D eigenvalue weighted by Gasteiger charge is 2.13. The van der Waals surface area contributed by atoms with Crippen molar-refractivity contribution in [3.8, 4) is 0 Å². The van der Waals surface area contributed by atoms with Crippen molar-refractivity contribution in [1.82, 2.24) is 10.4 Å². The summed E-state index contributed by atoms with van der Waals surface area (Å²) in [6, 6.07) is 7.18. The van der Waals surface area contributed by atoms with Gasteiger partial charge in [-0.15, -0.1) is 0 Å². The Labute approximate surface area is 104 Å². The van der Waals surface area contributed by atoms with E-state index in [0.29, 0.717) is 12.0 Å². The van der Waals surface area contributed by atoms with Crippen molar-refractivity contribution in [3.63, 3.8) is 0 Å². The number of halogens is 2. The summed E-state index contributed by atoms with van der Waals surface area (Å²) in [5.74, 6) is 3.71. The van der Waals surface area contributed by atoms with E-state index < -0.39 is 11.6 Å². The Hall–Kier alpha value is -1.85. The number of nitrogens with two attached hydrogens (primary N) is 1. The Balaban J connectivity index is 2.20. The van der Waals surface area contributed by atoms with Crippen LogP contribution < -0.4 is 11.3 Å². The number of benzene rings is 1. The highest BCUT2D eigenvalue weighted by atomic mass is 19.2. The minimum absolute atomic E-state index is 0.288. The molecule has 3 N–H and O–H groups in total. The molecule has 0 amide bonds. The SMILES string of the molecule is NNC(Cc1cccnc1)c1ccc(F)c(F)c1. The molecule has 1 unspecified atom stereocenters. The summed E-state index contributed by atoms with van der Waals surface area (Å²) in [6.45, 7) is 0. The first-order chi connectivity index (χ1) is 8.70. The van der Waals surface area contributed by atoms with E-state index in [1.165, 1.54) is 6.07 Å². The molecule has 1 atom stereocenters. The maximum absolute atomic E-state index is 13.2. The van der Waals surface area contributed by atoms with Gasteiger partial charge in [0.1, 0.15) is 0 Å². The van der Waals surface area contributed by atoms with E-state index in [2.05, 4.69) is 10.4 Å². The normalized spacial score (nSPS) is 12.4. The fraction of sp³-hybridized carbons (Fsp3) is 0.154. The number of rotatable bonds is 4. The lowest BCUT2D eigenvalue weighted by molar-refractivity contribution is 0.497. The lowest BCUT2D eigenvalue weighted by Crippen LogP contribution is -2.29. The van der Waals surface area contributed by atoms with Gasteiger partial charge in [-0.2, -0.15) is 0 Å². The molecule has 2 rings (SSSR count). The third kappa shape index (κ3) is 2.88. The van der Waals surface area contributed by atoms with Crippen molar-refractivity contribution in [2.75, 3.05) is 0 Å². The summed E-state index contributed by atoms with van der Waals surface area (Å²) < 4.78 is 26.0. The number of pyridine rings is 1. The Morgan fingerprint density at radius 3 is 2.67 bits per heavy atom. The average molecular weight is 249 g/mol. The molecule has 0 fully saturated rings. The first kappa shape index (κ1) is 12.6. The molecule has 5 heteroatoms. The maximum atomic E-state index is 13.2. The molecule has 1 aromatic carbocycles. The molecule has 0 aliphatic carbocycles. The van der Waals surface area contributed by atoms with Crippen molar-refractivity contribution in [2.24, 2.45) is 5.84 Å². The standard InChI is InChI=1S/C13H13F2N3/c14-11-4-3-10(7-12(11)15)13(18-16)6-9-2-1-5-17-8-9/h1-5,7-8,13,18H,6,16H2. The van der Waals surface area contributed by atoms with Crippen LogP contribution in [-0.4, -0.2) is 4.98 Å². The predicted molar refractivity (Wildman–Crippen MR) is 64.4 cm³/mol. The summed E-state index contributed by atoms with van der Waals surface area (Å²) in [5.41, 5.74) is 4.16. The zero-order chi connectivity index (χ0) is 13.0. The van der Waals surface area contributed by atoms with Crippen molar-refractivity contribution >= 4 is 0 Å². The van der Waals surface area contributed by atoms with E-state index in [-0.39, 0.29) is 6.04 Å². The average Bonchev–Trinajstić information content (AvgIpc) is 2.40. The van der Waals surface area contributed by atoms with Crippen molar-refractivity contribution in [3.05, 3.63) is 65.5 Å². The van der Waals surface area contributed by atoms with Crippen LogP contribution in [0.1, 0.15) is 17.2 Å². The number of nitrogens with one attached hydrogen (secondary N) is 1. The highest BCUT2D eigenvalue weighted by Crippen LogP contribution is 2.19. The zero-order valence-electron chi connectivity index (χ0n) is 9.61. The van der Waals surface area contributed by atoms with Gasteiger partial charge in [0, 0.05) is 12.4 Å². The van der Waals surface area contributed by atoms with Gasteiger partial charge in [-0.3, -0.25) is 16.3 Å². The summed E-state index contributed by atoms with van der Waals surface area (Å²) >= 11 is 0. The molecule has 0 aliphatic heterocycles. The lowest BCUT2D eigenvalue weighted by Gasteiger charge is -2.16. The predicted octanol–water partition coefficient (Wildman–Crippen LogP) is 2.11. The van der Waals surface area contributed by atoms with Gasteiger partial charge in [0.05, 0.1) is 6.04 Å². The van der Waals surface area contributed by atoms with Crippen LogP contribution in [0, 0.1) is 11.6 Å². The molecule has 0 spiro atoms. The van der Waals surface area contributed by atoms with Gasteiger partial charge in [0.15, 0.2) is 11.6 Å². The summed E-state index contributed by atoms with van der Waals surface area (Å²) in [6.07, 6.45) is 3.94. The molecule has 0 saturated heterocycles. The van der Waals surface area contributed by atoms with Crippen LogP contribution in [0.25, 0.3) is 0 Å². The minimum Gasteiger partial charge on any atom is -0.271 e. The van der Waals surface area contributed by atoms with Gasteiger partial charge >= 0.3 is 0 Å². The van der Waals surface area contributed by atoms with Crippen molar-refractivity contribution in [2.45, 2.75) is 12.5 Å². The molecule has 0 radical (unpaired) electrons. The molecule has 3 nitrogen and oxygen atoms in total. The monoisotopic (exact) mass is 249 g/mol. The molecule has 0 saturated carbocycles. The Bertz CT molecular complexity index is 517. The maximum Gasteiger partial charge on any atom is 0.159 e. The second-order valence-corrected chi connectivity index (χ2v) is 3.96. The van der Waals surface area contributed by atoms with Gasteiger partial charge in [-0.05, 0) is 35.7 Å². The van der Waals surface area contributed by atoms with Gasteiger partial charge in [-0.1, -0.05) is 12.1 Å². The van der Waals surface area contributed by atoms with Crippen molar-refractivity contribution < 1.29 is 8.78 Å². The van der Waals surface area contributed by atoms with Gasteiger partial charge in [0.25, 0.3) is 0 Å². The second-order valence-electron chi connectivity index (χ2n) is 3.96. The summed E-state index contributed by atoms with van der Waals surface area (Å²) in [5, 5.41) is 0. The fourth-order valence-corrected chi connectivity index (χ4v) is 1.76. The molecule has 1 heterocycles. The number of nitrogens with zero attached hydrogens (tertiary/aromatic N) is 1. The summed E-state index contributed by atoms with van der Waals surface area (Å²) in [4.78, 5) is 3.99. The minimum atomic E-state index is -0.876. The van der Waals surface area contributed by atoms with Crippen LogP contribution in [0.3, 0.4) is 0 Å². The van der Waals surface area contributed by atoms with Crippen LogP contribution in [0.5, 0.6) is 0 Å². The van der Waals surface area contributed by atoms with E-state index in [9.17, 15) is 8.78 Å². The smallest absolute Gasteiger partial charge is 0.159 e. The molecule has 0 aliphatic rings. The van der Waals surface area contributed by atoms with Crippen LogP contribution in [0.15, 0.2) is 42.7 Å². The Morgan fingerprint density at radius 1 is 1.22 bits per heavy atom. The lowest BCUT2D eigenvalue weighted by atomic mass is 10.0. The van der Waals surface area contributed by atoms with E-state index in [1.807, 2.05) is 12.1 Å². The Morgan fingerprint density at radius 2 is 2.06 bits per heavy atom. The first-order valence-electron chi connectivity index (χ1n) is 5.50. The molecule has 2 aromatic rings. The van der Waals surface area contributed by atoms with Crippen LogP contribution in [0.2, 0.25) is 0 Å². The number of aromatic nitrogens is 1. The van der Waals surface area contributed by atoms with Crippen LogP contribution in [0.4, 0.5) is 8.78 Å². The number of hydrogen-bond acceptors (Lipinski definition) is 3. The third-order valence-corrected chi connectivity index (χ3v) is 2.71. The fourth-order valence-electron chi connectivity index (χ4n) is 1.76. The van der Waals surface area contributed by atoms with E-state index in [1.54, 1.807) is 12.4 Å². The number of hydrogen-bond donors (Lipinski definition) is 2. The Kier molecular flexibility index (Phi) is 3.96. The molecule has 1 aromatic heterocycles. The van der Waals surface area contributed by atoms with Crippen molar-refractivity contribution in [1.29, 1.82) is 0 Å². The number of hydrazine groups is 1. The van der Waals surface area contributed by atoms with Gasteiger partial charge < -0.3 is 0 Å². The largest absolute Gasteiger partial charge is 0.271 e. The van der Waals surface area contributed by atoms with E-state index >= 15 is 0 Å². The molecule has 94 valence electrons. The first-order valence-corrected chi connectivity index (χ1v) is 5.50. The second kappa shape index (κ2) is 5.66. The molecular weight excluding hydrogens is 236 g/mol. The topological polar surface area (TPSA) is 50.9 Å². The molecular formula is C13H13F2N3. The van der Waals surface area contributed by atoms with Gasteiger partial charge in [-0.25, -0.2) is 8.78 Å².